The quantitative estimate of drug-likeness (QED) is 0.699. The second-order valence-electron chi connectivity index (χ2n) is 9.75. The molecule has 0 spiro atoms. The molecule has 2 saturated heterocycles. The van der Waals surface area contributed by atoms with Crippen LogP contribution in [0.2, 0.25) is 0 Å². The van der Waals surface area contributed by atoms with Gasteiger partial charge in [-0.3, -0.25) is 4.90 Å². The summed E-state index contributed by atoms with van der Waals surface area (Å²) < 4.78 is 11.3. The third-order valence-corrected chi connectivity index (χ3v) is 6.22. The summed E-state index contributed by atoms with van der Waals surface area (Å²) in [6, 6.07) is 8.52. The van der Waals surface area contributed by atoms with Gasteiger partial charge in [0.15, 0.2) is 5.82 Å². The maximum atomic E-state index is 12.8. The Morgan fingerprint density at radius 3 is 2.68 bits per heavy atom. The van der Waals surface area contributed by atoms with Crippen molar-refractivity contribution in [2.45, 2.75) is 84.0 Å². The van der Waals surface area contributed by atoms with Crippen molar-refractivity contribution in [3.05, 3.63) is 35.7 Å². The molecular formula is C24H34N4O3. The van der Waals surface area contributed by atoms with E-state index in [2.05, 4.69) is 15.0 Å². The van der Waals surface area contributed by atoms with E-state index in [1.165, 1.54) is 6.42 Å². The van der Waals surface area contributed by atoms with Crippen LogP contribution in [0.15, 0.2) is 28.8 Å². The van der Waals surface area contributed by atoms with Crippen molar-refractivity contribution in [3.8, 4) is 11.5 Å². The zero-order valence-electron chi connectivity index (χ0n) is 19.1. The van der Waals surface area contributed by atoms with Crippen molar-refractivity contribution in [3.63, 3.8) is 0 Å². The molecule has 7 heteroatoms. The highest BCUT2D eigenvalue weighted by atomic mass is 16.6. The molecule has 0 saturated carbocycles. The number of ether oxygens (including phenoxy) is 1. The number of carbonyl (C=O) groups excluding carboxylic acids is 1. The van der Waals surface area contributed by atoms with Gasteiger partial charge >= 0.3 is 6.09 Å². The average molecular weight is 427 g/mol. The largest absolute Gasteiger partial charge is 0.444 e. The van der Waals surface area contributed by atoms with Gasteiger partial charge in [0.05, 0.1) is 12.6 Å². The van der Waals surface area contributed by atoms with Crippen LogP contribution < -0.4 is 0 Å². The Hall–Kier alpha value is -2.41. The molecule has 7 nitrogen and oxygen atoms in total. The minimum Gasteiger partial charge on any atom is -0.444 e. The van der Waals surface area contributed by atoms with Crippen LogP contribution in [0, 0.1) is 6.92 Å². The molecule has 1 amide bonds. The molecule has 0 aliphatic carbocycles. The number of piperidine rings is 1. The minimum absolute atomic E-state index is 0.179. The van der Waals surface area contributed by atoms with E-state index < -0.39 is 5.60 Å². The van der Waals surface area contributed by atoms with Crippen LogP contribution in [0.25, 0.3) is 11.5 Å². The molecule has 0 bridgehead atoms. The van der Waals surface area contributed by atoms with Crippen LogP contribution in [-0.4, -0.2) is 56.8 Å². The molecule has 0 unspecified atom stereocenters. The van der Waals surface area contributed by atoms with Gasteiger partial charge in [-0.25, -0.2) is 4.79 Å². The summed E-state index contributed by atoms with van der Waals surface area (Å²) in [7, 11) is 0. The third kappa shape index (κ3) is 5.09. The van der Waals surface area contributed by atoms with Crippen LogP contribution in [0.3, 0.4) is 0 Å². The van der Waals surface area contributed by atoms with Crippen molar-refractivity contribution in [2.24, 2.45) is 0 Å². The molecule has 1 aromatic carbocycles. The summed E-state index contributed by atoms with van der Waals surface area (Å²) >= 11 is 0. The van der Waals surface area contributed by atoms with Crippen LogP contribution in [-0.2, 0) is 11.3 Å². The van der Waals surface area contributed by atoms with Gasteiger partial charge < -0.3 is 14.2 Å². The number of aryl methyl sites for hydroxylation is 1. The number of nitrogens with zero attached hydrogens (tertiary/aromatic N) is 4. The summed E-state index contributed by atoms with van der Waals surface area (Å²) in [5.41, 5.74) is 1.61. The maximum Gasteiger partial charge on any atom is 0.410 e. The maximum absolute atomic E-state index is 12.8. The Balaban J connectivity index is 1.48. The number of hydrogen-bond acceptors (Lipinski definition) is 6. The molecule has 168 valence electrons. The second kappa shape index (κ2) is 8.99. The van der Waals surface area contributed by atoms with E-state index in [0.29, 0.717) is 24.3 Å². The number of rotatable bonds is 4. The normalized spacial score (nSPS) is 22.6. The van der Waals surface area contributed by atoms with E-state index in [0.717, 1.165) is 49.9 Å². The smallest absolute Gasteiger partial charge is 0.410 e. The van der Waals surface area contributed by atoms with Crippen LogP contribution in [0.5, 0.6) is 0 Å². The lowest BCUT2D eigenvalue weighted by atomic mass is 9.94. The first-order valence-corrected chi connectivity index (χ1v) is 11.4. The predicted octanol–water partition coefficient (Wildman–Crippen LogP) is 4.80. The highest BCUT2D eigenvalue weighted by Crippen LogP contribution is 2.31. The van der Waals surface area contributed by atoms with E-state index in [4.69, 9.17) is 9.26 Å². The summed E-state index contributed by atoms with van der Waals surface area (Å²) in [5.74, 6) is 1.27. The molecule has 3 heterocycles. The standard InChI is InChI=1S/C24H34N4O3/c1-17-10-5-6-11-18(17)22-25-21(26-31-22)16-27-14-8-7-12-19(27)20-13-9-15-28(20)23(29)30-24(2,3)4/h5-6,10-11,19-20H,7-9,12-16H2,1-4H3/t19-,20+/m1/s1. The lowest BCUT2D eigenvalue weighted by Crippen LogP contribution is -2.53. The fourth-order valence-corrected chi connectivity index (χ4v) is 4.81. The lowest BCUT2D eigenvalue weighted by Gasteiger charge is -2.41. The lowest BCUT2D eigenvalue weighted by molar-refractivity contribution is 0.00600. The summed E-state index contributed by atoms with van der Waals surface area (Å²) in [6.45, 7) is 10.2. The summed E-state index contributed by atoms with van der Waals surface area (Å²) in [4.78, 5) is 21.9. The van der Waals surface area contributed by atoms with Gasteiger partial charge in [0.2, 0.25) is 0 Å². The molecular weight excluding hydrogens is 392 g/mol. The Morgan fingerprint density at radius 1 is 1.13 bits per heavy atom. The Labute approximate surface area is 184 Å². The zero-order valence-corrected chi connectivity index (χ0v) is 19.1. The number of aromatic nitrogens is 2. The van der Waals surface area contributed by atoms with Crippen molar-refractivity contribution in [2.75, 3.05) is 13.1 Å². The predicted molar refractivity (Wildman–Crippen MR) is 118 cm³/mol. The van der Waals surface area contributed by atoms with E-state index in [9.17, 15) is 4.79 Å². The molecule has 2 aromatic rings. The number of carbonyl (C=O) groups is 1. The minimum atomic E-state index is -0.479. The molecule has 0 radical (unpaired) electrons. The highest BCUT2D eigenvalue weighted by Gasteiger charge is 2.40. The first kappa shape index (κ1) is 21.8. The van der Waals surface area contributed by atoms with Crippen LogP contribution in [0.4, 0.5) is 4.79 Å². The van der Waals surface area contributed by atoms with Crippen molar-refractivity contribution >= 4 is 6.09 Å². The van der Waals surface area contributed by atoms with E-state index in [-0.39, 0.29) is 12.1 Å². The number of likely N-dealkylation sites (tertiary alicyclic amines) is 2. The van der Waals surface area contributed by atoms with Crippen molar-refractivity contribution < 1.29 is 14.1 Å². The number of benzene rings is 1. The van der Waals surface area contributed by atoms with E-state index in [1.807, 2.05) is 56.9 Å². The molecule has 31 heavy (non-hydrogen) atoms. The van der Waals surface area contributed by atoms with Crippen molar-refractivity contribution in [1.29, 1.82) is 0 Å². The van der Waals surface area contributed by atoms with Gasteiger partial charge in [0.25, 0.3) is 5.89 Å². The topological polar surface area (TPSA) is 71.7 Å². The molecule has 4 rings (SSSR count). The number of amides is 1. The molecule has 2 aliphatic heterocycles. The molecule has 2 atom stereocenters. The fraction of sp³-hybridized carbons (Fsp3) is 0.625. The van der Waals surface area contributed by atoms with E-state index in [1.54, 1.807) is 0 Å². The van der Waals surface area contributed by atoms with Gasteiger partial charge in [-0.2, -0.15) is 4.98 Å². The van der Waals surface area contributed by atoms with Gasteiger partial charge in [-0.15, -0.1) is 0 Å². The monoisotopic (exact) mass is 426 g/mol. The summed E-state index contributed by atoms with van der Waals surface area (Å²) in [5, 5.41) is 4.26. The zero-order chi connectivity index (χ0) is 22.0. The van der Waals surface area contributed by atoms with Crippen LogP contribution in [0.1, 0.15) is 64.3 Å². The molecule has 0 N–H and O–H groups in total. The van der Waals surface area contributed by atoms with Gasteiger partial charge in [-0.05, 0) is 71.6 Å². The Kier molecular flexibility index (Phi) is 6.32. The van der Waals surface area contributed by atoms with E-state index >= 15 is 0 Å². The van der Waals surface area contributed by atoms with Crippen LogP contribution >= 0.6 is 0 Å². The molecule has 2 aliphatic rings. The Morgan fingerprint density at radius 2 is 1.90 bits per heavy atom. The first-order chi connectivity index (χ1) is 14.8. The highest BCUT2D eigenvalue weighted by molar-refractivity contribution is 5.69. The van der Waals surface area contributed by atoms with Gasteiger partial charge in [0, 0.05) is 18.2 Å². The summed E-state index contributed by atoms with van der Waals surface area (Å²) in [6.07, 6.45) is 5.25. The average Bonchev–Trinajstić information content (AvgIpc) is 3.37. The fourth-order valence-electron chi connectivity index (χ4n) is 4.81. The SMILES string of the molecule is Cc1ccccc1-c1nc(CN2CCCC[C@@H]2[C@@H]2CCCN2C(=O)OC(C)(C)C)no1. The third-order valence-electron chi connectivity index (χ3n) is 6.22. The first-order valence-electron chi connectivity index (χ1n) is 11.4. The second-order valence-corrected chi connectivity index (χ2v) is 9.75. The van der Waals surface area contributed by atoms with Crippen molar-refractivity contribution in [1.82, 2.24) is 19.9 Å². The number of hydrogen-bond donors (Lipinski definition) is 0. The molecule has 1 aromatic heterocycles. The Bertz CT molecular complexity index is 904. The molecule has 2 fully saturated rings. The van der Waals surface area contributed by atoms with Gasteiger partial charge in [-0.1, -0.05) is 29.8 Å². The van der Waals surface area contributed by atoms with Gasteiger partial charge in [0.1, 0.15) is 5.60 Å².